The summed E-state index contributed by atoms with van der Waals surface area (Å²) in [6.45, 7) is 7.49. The summed E-state index contributed by atoms with van der Waals surface area (Å²) in [5, 5.41) is 4.40. The van der Waals surface area contributed by atoms with Gasteiger partial charge in [0.25, 0.3) is 5.91 Å². The number of esters is 1. The second kappa shape index (κ2) is 7.70. The van der Waals surface area contributed by atoms with Gasteiger partial charge >= 0.3 is 5.97 Å². The number of amides is 1. The lowest BCUT2D eigenvalue weighted by Crippen LogP contribution is -2.44. The normalized spacial score (nSPS) is 11.0. The van der Waals surface area contributed by atoms with Gasteiger partial charge in [0.15, 0.2) is 12.3 Å². The molecule has 1 amide bonds. The fourth-order valence-corrected chi connectivity index (χ4v) is 3.93. The molecule has 0 saturated heterocycles. The van der Waals surface area contributed by atoms with E-state index in [2.05, 4.69) is 4.98 Å². The van der Waals surface area contributed by atoms with Crippen LogP contribution in [0.1, 0.15) is 38.2 Å². The molecule has 0 aromatic carbocycles. The minimum Gasteiger partial charge on any atom is -0.451 e. The van der Waals surface area contributed by atoms with Gasteiger partial charge in [-0.1, -0.05) is 6.07 Å². The number of aromatic nitrogens is 1. The second-order valence-corrected chi connectivity index (χ2v) is 7.39. The fraction of sp³-hybridized carbons (Fsp3) is 0.438. The van der Waals surface area contributed by atoms with E-state index in [-0.39, 0.29) is 30.3 Å². The van der Waals surface area contributed by atoms with Crippen LogP contribution in [0, 0.1) is 0 Å². The van der Waals surface area contributed by atoms with Crippen molar-refractivity contribution in [1.29, 1.82) is 0 Å². The maximum atomic E-state index is 12.2. The molecule has 0 aliphatic carbocycles. The molecule has 7 heteroatoms. The van der Waals surface area contributed by atoms with Gasteiger partial charge in [0.2, 0.25) is 0 Å². The van der Waals surface area contributed by atoms with Crippen LogP contribution < -0.4 is 0 Å². The van der Waals surface area contributed by atoms with E-state index < -0.39 is 5.97 Å². The molecule has 0 bridgehead atoms. The summed E-state index contributed by atoms with van der Waals surface area (Å²) < 4.78 is 5.12. The highest BCUT2D eigenvalue weighted by Crippen LogP contribution is 2.27. The highest BCUT2D eigenvalue weighted by atomic mass is 32.1. The molecule has 2 heterocycles. The van der Waals surface area contributed by atoms with Crippen molar-refractivity contribution in [2.24, 2.45) is 0 Å². The first kappa shape index (κ1) is 17.6. The lowest BCUT2D eigenvalue weighted by Gasteiger charge is -2.30. The molecule has 124 valence electrons. The number of hydrogen-bond acceptors (Lipinski definition) is 6. The van der Waals surface area contributed by atoms with Gasteiger partial charge in [-0.15, -0.1) is 22.7 Å². The highest BCUT2D eigenvalue weighted by Gasteiger charge is 2.22. The SMILES string of the molecule is CC(C)N(C(=O)COC(=O)c1csc(-c2cccs2)n1)C(C)C. The van der Waals surface area contributed by atoms with E-state index in [1.165, 1.54) is 11.3 Å². The van der Waals surface area contributed by atoms with Crippen LogP contribution in [0.5, 0.6) is 0 Å². The first-order chi connectivity index (χ1) is 10.9. The topological polar surface area (TPSA) is 59.5 Å². The summed E-state index contributed by atoms with van der Waals surface area (Å²) in [6, 6.07) is 4.01. The van der Waals surface area contributed by atoms with Gasteiger partial charge in [0.1, 0.15) is 5.01 Å². The van der Waals surface area contributed by atoms with Crippen molar-refractivity contribution in [3.63, 3.8) is 0 Å². The number of ether oxygens (including phenoxy) is 1. The summed E-state index contributed by atoms with van der Waals surface area (Å²) in [7, 11) is 0. The van der Waals surface area contributed by atoms with Crippen LogP contribution in [0.15, 0.2) is 22.9 Å². The lowest BCUT2D eigenvalue weighted by atomic mass is 10.2. The molecule has 0 fully saturated rings. The van der Waals surface area contributed by atoms with Gasteiger partial charge in [-0.05, 0) is 39.1 Å². The molecule has 0 saturated carbocycles. The molecule has 0 radical (unpaired) electrons. The Kier molecular flexibility index (Phi) is 5.90. The maximum Gasteiger partial charge on any atom is 0.358 e. The molecule has 2 aromatic rings. The number of thiazole rings is 1. The lowest BCUT2D eigenvalue weighted by molar-refractivity contribution is -0.138. The van der Waals surface area contributed by atoms with Gasteiger partial charge in [-0.2, -0.15) is 0 Å². The van der Waals surface area contributed by atoms with E-state index in [9.17, 15) is 9.59 Å². The van der Waals surface area contributed by atoms with Crippen molar-refractivity contribution in [3.8, 4) is 9.88 Å². The van der Waals surface area contributed by atoms with Crippen molar-refractivity contribution in [2.75, 3.05) is 6.61 Å². The maximum absolute atomic E-state index is 12.2. The van der Waals surface area contributed by atoms with Gasteiger partial charge in [0, 0.05) is 17.5 Å². The van der Waals surface area contributed by atoms with E-state index >= 15 is 0 Å². The van der Waals surface area contributed by atoms with Crippen LogP contribution in [-0.2, 0) is 9.53 Å². The van der Waals surface area contributed by atoms with E-state index in [0.717, 1.165) is 9.88 Å². The Bertz CT molecular complexity index is 655. The third kappa shape index (κ3) is 4.39. The molecule has 0 aliphatic heterocycles. The second-order valence-electron chi connectivity index (χ2n) is 5.58. The Labute approximate surface area is 143 Å². The molecule has 0 aliphatic rings. The summed E-state index contributed by atoms with van der Waals surface area (Å²) >= 11 is 2.95. The molecule has 5 nitrogen and oxygen atoms in total. The third-order valence-electron chi connectivity index (χ3n) is 3.17. The average Bonchev–Trinajstić information content (AvgIpc) is 3.14. The number of rotatable bonds is 6. The largest absolute Gasteiger partial charge is 0.451 e. The van der Waals surface area contributed by atoms with Crippen molar-refractivity contribution in [3.05, 3.63) is 28.6 Å². The summed E-state index contributed by atoms with van der Waals surface area (Å²) in [4.78, 5) is 31.2. The number of carbonyl (C=O) groups excluding carboxylic acids is 2. The van der Waals surface area contributed by atoms with E-state index in [0.29, 0.717) is 0 Å². The summed E-state index contributed by atoms with van der Waals surface area (Å²) in [5.41, 5.74) is 0.242. The third-order valence-corrected chi connectivity index (χ3v) is 5.05. The predicted molar refractivity (Wildman–Crippen MR) is 92.8 cm³/mol. The summed E-state index contributed by atoms with van der Waals surface area (Å²) in [5.74, 6) is -0.762. The minimum atomic E-state index is -0.565. The first-order valence-electron chi connectivity index (χ1n) is 7.37. The highest BCUT2D eigenvalue weighted by molar-refractivity contribution is 7.20. The predicted octanol–water partition coefficient (Wildman–Crippen LogP) is 3.67. The van der Waals surface area contributed by atoms with Gasteiger partial charge in [-0.3, -0.25) is 4.79 Å². The number of nitrogens with zero attached hydrogens (tertiary/aromatic N) is 2. The standard InChI is InChI=1S/C16H20N2O3S2/c1-10(2)18(11(3)4)14(19)8-21-16(20)12-9-23-15(17-12)13-6-5-7-22-13/h5-7,9-11H,8H2,1-4H3. The average molecular weight is 352 g/mol. The molecule has 23 heavy (non-hydrogen) atoms. The Balaban J connectivity index is 1.96. The van der Waals surface area contributed by atoms with Gasteiger partial charge in [-0.25, -0.2) is 9.78 Å². The van der Waals surface area contributed by atoms with E-state index in [1.54, 1.807) is 21.6 Å². The first-order valence-corrected chi connectivity index (χ1v) is 9.13. The quantitative estimate of drug-likeness (QED) is 0.744. The molecule has 2 rings (SSSR count). The molecule has 2 aromatic heterocycles. The Hall–Kier alpha value is -1.73. The molecule has 0 unspecified atom stereocenters. The van der Waals surface area contributed by atoms with E-state index in [1.807, 2.05) is 45.2 Å². The Morgan fingerprint density at radius 2 is 1.91 bits per heavy atom. The number of carbonyl (C=O) groups is 2. The zero-order valence-corrected chi connectivity index (χ0v) is 15.2. The number of thiophene rings is 1. The molecular weight excluding hydrogens is 332 g/mol. The van der Waals surface area contributed by atoms with Crippen molar-refractivity contribution < 1.29 is 14.3 Å². The van der Waals surface area contributed by atoms with Crippen LogP contribution in [0.4, 0.5) is 0 Å². The van der Waals surface area contributed by atoms with Crippen molar-refractivity contribution in [1.82, 2.24) is 9.88 Å². The number of hydrogen-bond donors (Lipinski definition) is 0. The van der Waals surface area contributed by atoms with Crippen LogP contribution in [0.2, 0.25) is 0 Å². The smallest absolute Gasteiger partial charge is 0.358 e. The van der Waals surface area contributed by atoms with E-state index in [4.69, 9.17) is 4.74 Å². The molecule has 0 spiro atoms. The minimum absolute atomic E-state index is 0.0610. The zero-order chi connectivity index (χ0) is 17.0. The fourth-order valence-electron chi connectivity index (χ4n) is 2.33. The Morgan fingerprint density at radius 1 is 1.22 bits per heavy atom. The van der Waals surface area contributed by atoms with Gasteiger partial charge in [0.05, 0.1) is 4.88 Å². The summed E-state index contributed by atoms with van der Waals surface area (Å²) in [6.07, 6.45) is 0. The van der Waals surface area contributed by atoms with Crippen LogP contribution in [0.3, 0.4) is 0 Å². The van der Waals surface area contributed by atoms with Gasteiger partial charge < -0.3 is 9.64 Å². The molecular formula is C16H20N2O3S2. The monoisotopic (exact) mass is 352 g/mol. The zero-order valence-electron chi connectivity index (χ0n) is 13.6. The van der Waals surface area contributed by atoms with Crippen molar-refractivity contribution >= 4 is 34.6 Å². The van der Waals surface area contributed by atoms with Crippen LogP contribution in [-0.4, -0.2) is 40.5 Å². The van der Waals surface area contributed by atoms with Crippen molar-refractivity contribution in [2.45, 2.75) is 39.8 Å². The van der Waals surface area contributed by atoms with Crippen LogP contribution in [0.25, 0.3) is 9.88 Å². The van der Waals surface area contributed by atoms with Crippen LogP contribution >= 0.6 is 22.7 Å². The Morgan fingerprint density at radius 3 is 2.48 bits per heavy atom. The molecule has 0 atom stereocenters. The molecule has 0 N–H and O–H groups in total.